The van der Waals surface area contributed by atoms with E-state index in [4.69, 9.17) is 0 Å². The number of rotatable bonds is 6. The van der Waals surface area contributed by atoms with Crippen molar-refractivity contribution in [2.75, 3.05) is 14.1 Å². The van der Waals surface area contributed by atoms with Crippen LogP contribution in [-0.2, 0) is 18.3 Å². The summed E-state index contributed by atoms with van der Waals surface area (Å²) in [4.78, 5) is 14.3. The first kappa shape index (κ1) is 13.9. The van der Waals surface area contributed by atoms with Crippen molar-refractivity contribution in [3.8, 4) is 0 Å². The Kier molecular flexibility index (Phi) is 4.46. The molecule has 1 heterocycles. The van der Waals surface area contributed by atoms with E-state index >= 15 is 0 Å². The molecule has 0 aliphatic rings. The van der Waals surface area contributed by atoms with E-state index in [-0.39, 0.29) is 5.54 Å². The number of hydrogen-bond acceptors (Lipinski definition) is 3. The Labute approximate surface area is 104 Å². The van der Waals surface area contributed by atoms with Gasteiger partial charge >= 0.3 is 0 Å². The quantitative estimate of drug-likeness (QED) is 0.755. The molecule has 1 atom stereocenters. The van der Waals surface area contributed by atoms with E-state index in [1.807, 2.05) is 45.4 Å². The van der Waals surface area contributed by atoms with Crippen LogP contribution in [0, 0.1) is 0 Å². The second-order valence-corrected chi connectivity index (χ2v) is 4.97. The van der Waals surface area contributed by atoms with E-state index in [0.29, 0.717) is 12.2 Å². The van der Waals surface area contributed by atoms with Gasteiger partial charge in [0, 0.05) is 19.7 Å². The molecular formula is C13H23N3O. The number of carbonyl (C=O) groups excluding carboxylic acids is 1. The first-order valence-electron chi connectivity index (χ1n) is 6.08. The average molecular weight is 237 g/mol. The van der Waals surface area contributed by atoms with Gasteiger partial charge < -0.3 is 0 Å². The highest BCUT2D eigenvalue weighted by Crippen LogP contribution is 2.20. The van der Waals surface area contributed by atoms with E-state index in [9.17, 15) is 4.79 Å². The molecule has 96 valence electrons. The third-order valence-corrected chi connectivity index (χ3v) is 3.68. The lowest BCUT2D eigenvalue weighted by atomic mass is 9.88. The maximum Gasteiger partial charge on any atom is 0.153 e. The van der Waals surface area contributed by atoms with E-state index < -0.39 is 0 Å². The predicted molar refractivity (Wildman–Crippen MR) is 68.9 cm³/mol. The van der Waals surface area contributed by atoms with Crippen molar-refractivity contribution in [3.63, 3.8) is 0 Å². The molecule has 0 fully saturated rings. The van der Waals surface area contributed by atoms with Gasteiger partial charge in [-0.1, -0.05) is 6.92 Å². The Balaban J connectivity index is 2.60. The number of Topliss-reactive ketones (excluding diaryl/α,β-unsaturated/α-hetero) is 1. The molecule has 0 radical (unpaired) electrons. The number of likely N-dealkylation sites (N-methyl/N-ethyl adjacent to an activating group) is 1. The van der Waals surface area contributed by atoms with Gasteiger partial charge in [-0.25, -0.2) is 0 Å². The first-order chi connectivity index (χ1) is 7.90. The number of aromatic nitrogens is 2. The molecule has 4 nitrogen and oxygen atoms in total. The Morgan fingerprint density at radius 2 is 2.18 bits per heavy atom. The summed E-state index contributed by atoms with van der Waals surface area (Å²) < 4.78 is 1.77. The van der Waals surface area contributed by atoms with Gasteiger partial charge in [0.1, 0.15) is 0 Å². The van der Waals surface area contributed by atoms with Crippen molar-refractivity contribution < 1.29 is 4.79 Å². The molecule has 0 saturated heterocycles. The van der Waals surface area contributed by atoms with Crippen LogP contribution < -0.4 is 0 Å². The van der Waals surface area contributed by atoms with Crippen LogP contribution in [0.4, 0.5) is 0 Å². The third-order valence-electron chi connectivity index (χ3n) is 3.68. The number of carbonyl (C=O) groups is 1. The minimum absolute atomic E-state index is 0.300. The zero-order chi connectivity index (χ0) is 13.1. The van der Waals surface area contributed by atoms with Crippen LogP contribution in [-0.4, -0.2) is 40.1 Å². The summed E-state index contributed by atoms with van der Waals surface area (Å²) in [5.74, 6) is 0.300. The van der Waals surface area contributed by atoms with Crippen LogP contribution in [0.15, 0.2) is 12.4 Å². The van der Waals surface area contributed by atoms with Crippen molar-refractivity contribution in [2.24, 2.45) is 7.05 Å². The second kappa shape index (κ2) is 5.45. The number of aryl methyl sites for hydroxylation is 2. The lowest BCUT2D eigenvalue weighted by molar-refractivity contribution is -0.129. The predicted octanol–water partition coefficient (Wildman–Crippen LogP) is 1.65. The fourth-order valence-corrected chi connectivity index (χ4v) is 1.89. The average Bonchev–Trinajstić information content (AvgIpc) is 2.70. The molecule has 1 rings (SSSR count). The maximum absolute atomic E-state index is 12.2. The molecule has 1 aromatic rings. The van der Waals surface area contributed by atoms with E-state index in [2.05, 4.69) is 12.0 Å². The SMILES string of the molecule is CCC(C)(C(=O)CCc1cnn(C)c1)N(C)C. The molecule has 1 unspecified atom stereocenters. The van der Waals surface area contributed by atoms with Crippen LogP contribution in [0.3, 0.4) is 0 Å². The van der Waals surface area contributed by atoms with Gasteiger partial charge in [0.25, 0.3) is 0 Å². The fourth-order valence-electron chi connectivity index (χ4n) is 1.89. The summed E-state index contributed by atoms with van der Waals surface area (Å²) in [5, 5.41) is 4.11. The Bertz CT molecular complexity index is 384. The van der Waals surface area contributed by atoms with Gasteiger partial charge in [0.2, 0.25) is 0 Å². The van der Waals surface area contributed by atoms with Crippen LogP contribution in [0.5, 0.6) is 0 Å². The maximum atomic E-state index is 12.2. The van der Waals surface area contributed by atoms with Gasteiger partial charge in [-0.05, 0) is 39.4 Å². The van der Waals surface area contributed by atoms with Crippen molar-refractivity contribution >= 4 is 5.78 Å². The van der Waals surface area contributed by atoms with Crippen molar-refractivity contribution in [1.29, 1.82) is 0 Å². The molecule has 0 N–H and O–H groups in total. The highest BCUT2D eigenvalue weighted by molar-refractivity contribution is 5.88. The molecular weight excluding hydrogens is 214 g/mol. The minimum Gasteiger partial charge on any atom is -0.298 e. The molecule has 0 aliphatic carbocycles. The Hall–Kier alpha value is -1.16. The molecule has 0 amide bonds. The fraction of sp³-hybridized carbons (Fsp3) is 0.692. The Morgan fingerprint density at radius 1 is 1.53 bits per heavy atom. The van der Waals surface area contributed by atoms with Gasteiger partial charge in [0.15, 0.2) is 5.78 Å². The van der Waals surface area contributed by atoms with Crippen LogP contribution in [0.1, 0.15) is 32.3 Å². The molecule has 0 bridgehead atoms. The number of nitrogens with zero attached hydrogens (tertiary/aromatic N) is 3. The minimum atomic E-state index is -0.345. The normalized spacial score (nSPS) is 14.9. The summed E-state index contributed by atoms with van der Waals surface area (Å²) >= 11 is 0. The molecule has 1 aromatic heterocycles. The molecule has 0 aliphatic heterocycles. The third kappa shape index (κ3) is 3.16. The molecule has 0 saturated carbocycles. The molecule has 0 aromatic carbocycles. The van der Waals surface area contributed by atoms with Crippen molar-refractivity contribution in [1.82, 2.24) is 14.7 Å². The summed E-state index contributed by atoms with van der Waals surface area (Å²) in [7, 11) is 5.82. The summed E-state index contributed by atoms with van der Waals surface area (Å²) in [6, 6.07) is 0. The monoisotopic (exact) mass is 237 g/mol. The topological polar surface area (TPSA) is 38.1 Å². The summed E-state index contributed by atoms with van der Waals surface area (Å²) in [5.41, 5.74) is 0.778. The van der Waals surface area contributed by atoms with Crippen molar-refractivity contribution in [3.05, 3.63) is 18.0 Å². The molecule has 0 spiro atoms. The van der Waals surface area contributed by atoms with Gasteiger partial charge in [-0.2, -0.15) is 5.10 Å². The van der Waals surface area contributed by atoms with Crippen molar-refractivity contribution in [2.45, 2.75) is 38.6 Å². The smallest absolute Gasteiger partial charge is 0.153 e. The Morgan fingerprint density at radius 3 is 2.59 bits per heavy atom. The zero-order valence-corrected chi connectivity index (χ0v) is 11.5. The standard InChI is InChI=1S/C13H23N3O/c1-6-13(2,15(3)4)12(17)8-7-11-9-14-16(5)10-11/h9-10H,6-8H2,1-5H3. The summed E-state index contributed by atoms with van der Waals surface area (Å²) in [6.45, 7) is 4.07. The highest BCUT2D eigenvalue weighted by Gasteiger charge is 2.32. The van der Waals surface area contributed by atoms with E-state index in [1.54, 1.807) is 4.68 Å². The lowest BCUT2D eigenvalue weighted by Gasteiger charge is -2.34. The molecule has 17 heavy (non-hydrogen) atoms. The lowest BCUT2D eigenvalue weighted by Crippen LogP contribution is -2.48. The van der Waals surface area contributed by atoms with Gasteiger partial charge in [0.05, 0.1) is 11.7 Å². The highest BCUT2D eigenvalue weighted by atomic mass is 16.1. The van der Waals surface area contributed by atoms with E-state index in [1.165, 1.54) is 0 Å². The van der Waals surface area contributed by atoms with Crippen LogP contribution in [0.25, 0.3) is 0 Å². The van der Waals surface area contributed by atoms with E-state index in [0.717, 1.165) is 18.4 Å². The second-order valence-electron chi connectivity index (χ2n) is 4.97. The van der Waals surface area contributed by atoms with Gasteiger partial charge in [-0.3, -0.25) is 14.4 Å². The zero-order valence-electron chi connectivity index (χ0n) is 11.5. The van der Waals surface area contributed by atoms with Gasteiger partial charge in [-0.15, -0.1) is 0 Å². The number of ketones is 1. The largest absolute Gasteiger partial charge is 0.298 e. The number of hydrogen-bond donors (Lipinski definition) is 0. The first-order valence-corrected chi connectivity index (χ1v) is 6.08. The molecule has 4 heteroatoms. The van der Waals surface area contributed by atoms with Crippen LogP contribution in [0.2, 0.25) is 0 Å². The summed E-state index contributed by atoms with van der Waals surface area (Å²) in [6.07, 6.45) is 5.98. The van der Waals surface area contributed by atoms with Crippen LogP contribution >= 0.6 is 0 Å².